The summed E-state index contributed by atoms with van der Waals surface area (Å²) < 4.78 is 31.1. The van der Waals surface area contributed by atoms with Gasteiger partial charge in [-0.2, -0.15) is 8.78 Å². The molecular weight excluding hydrogens is 296 g/mol. The van der Waals surface area contributed by atoms with Crippen LogP contribution < -0.4 is 5.73 Å². The van der Waals surface area contributed by atoms with Gasteiger partial charge in [-0.3, -0.25) is 9.36 Å². The Morgan fingerprint density at radius 3 is 2.82 bits per heavy atom. The van der Waals surface area contributed by atoms with Gasteiger partial charge in [-0.1, -0.05) is 5.16 Å². The molecular formula is C13H17F2N5O2. The average Bonchev–Trinajstić information content (AvgIpc) is 3.05. The molecule has 0 aromatic carbocycles. The number of carbonyl (C=O) groups is 1. The van der Waals surface area contributed by atoms with Gasteiger partial charge in [-0.05, 0) is 13.8 Å². The van der Waals surface area contributed by atoms with Crippen molar-refractivity contribution in [3.63, 3.8) is 0 Å². The van der Waals surface area contributed by atoms with Crippen molar-refractivity contribution in [2.75, 3.05) is 7.05 Å². The Kier molecular flexibility index (Phi) is 4.27. The number of amides is 1. The van der Waals surface area contributed by atoms with Crippen molar-refractivity contribution in [2.45, 2.75) is 32.5 Å². The number of imidazole rings is 1. The zero-order valence-electron chi connectivity index (χ0n) is 12.5. The fourth-order valence-electron chi connectivity index (χ4n) is 1.99. The summed E-state index contributed by atoms with van der Waals surface area (Å²) in [5.41, 5.74) is 5.58. The van der Waals surface area contributed by atoms with Crippen LogP contribution in [0.3, 0.4) is 0 Å². The van der Waals surface area contributed by atoms with Gasteiger partial charge in [-0.15, -0.1) is 0 Å². The van der Waals surface area contributed by atoms with Crippen molar-refractivity contribution in [2.24, 2.45) is 5.73 Å². The summed E-state index contributed by atoms with van der Waals surface area (Å²) in [5.74, 6) is -0.352. The zero-order chi connectivity index (χ0) is 16.5. The van der Waals surface area contributed by atoms with Crippen molar-refractivity contribution in [1.82, 2.24) is 19.6 Å². The highest BCUT2D eigenvalue weighted by Crippen LogP contribution is 2.21. The van der Waals surface area contributed by atoms with Gasteiger partial charge in [-0.25, -0.2) is 4.98 Å². The minimum atomic E-state index is -2.71. The molecule has 0 radical (unpaired) electrons. The second-order valence-electron chi connectivity index (χ2n) is 5.49. The van der Waals surface area contributed by atoms with Crippen molar-refractivity contribution < 1.29 is 18.1 Å². The topological polar surface area (TPSA) is 90.2 Å². The van der Waals surface area contributed by atoms with E-state index in [-0.39, 0.29) is 17.9 Å². The van der Waals surface area contributed by atoms with E-state index in [1.165, 1.54) is 24.4 Å². The van der Waals surface area contributed by atoms with E-state index < -0.39 is 18.0 Å². The van der Waals surface area contributed by atoms with Gasteiger partial charge in [0.05, 0.1) is 12.1 Å². The quantitative estimate of drug-likeness (QED) is 0.908. The van der Waals surface area contributed by atoms with Crippen molar-refractivity contribution in [1.29, 1.82) is 0 Å². The van der Waals surface area contributed by atoms with Crippen molar-refractivity contribution in [3.05, 3.63) is 35.7 Å². The predicted octanol–water partition coefficient (Wildman–Crippen LogP) is 1.73. The molecule has 0 aliphatic heterocycles. The number of nitrogens with zero attached hydrogens (tertiary/aromatic N) is 4. The van der Waals surface area contributed by atoms with E-state index >= 15 is 0 Å². The molecule has 2 aromatic heterocycles. The third kappa shape index (κ3) is 3.14. The fraction of sp³-hybridized carbons (Fsp3) is 0.462. The van der Waals surface area contributed by atoms with Crippen molar-refractivity contribution >= 4 is 5.91 Å². The summed E-state index contributed by atoms with van der Waals surface area (Å²) in [5, 5.41) is 3.75. The summed E-state index contributed by atoms with van der Waals surface area (Å²) in [6, 6.07) is 0. The number of halogens is 2. The molecule has 0 bridgehead atoms. The van der Waals surface area contributed by atoms with Gasteiger partial charge >= 0.3 is 6.55 Å². The second kappa shape index (κ2) is 5.84. The molecule has 0 saturated carbocycles. The monoisotopic (exact) mass is 313 g/mol. The number of hydrogen-bond donors (Lipinski definition) is 1. The predicted molar refractivity (Wildman–Crippen MR) is 73.0 cm³/mol. The van der Waals surface area contributed by atoms with Crippen LogP contribution in [0.1, 0.15) is 42.3 Å². The van der Waals surface area contributed by atoms with E-state index in [1.54, 1.807) is 13.8 Å². The number of carbonyl (C=O) groups excluding carboxylic acids is 1. The van der Waals surface area contributed by atoms with Gasteiger partial charge in [0, 0.05) is 19.4 Å². The molecule has 2 aromatic rings. The highest BCUT2D eigenvalue weighted by molar-refractivity contribution is 5.95. The van der Waals surface area contributed by atoms with Gasteiger partial charge in [0.15, 0.2) is 0 Å². The standard InChI is InChI=1S/C13H17F2N5O2/c1-13(2,16)10-8(7-22-18-10)11(21)19(3)6-9-17-4-5-20(9)12(14)15/h4-5,7,12H,6,16H2,1-3H3. The van der Waals surface area contributed by atoms with Crippen LogP contribution in [0.25, 0.3) is 0 Å². The molecule has 0 aliphatic carbocycles. The lowest BCUT2D eigenvalue weighted by Gasteiger charge is -2.20. The first-order valence-electron chi connectivity index (χ1n) is 6.51. The molecule has 9 heteroatoms. The van der Waals surface area contributed by atoms with E-state index in [1.807, 2.05) is 0 Å². The summed E-state index contributed by atoms with van der Waals surface area (Å²) in [7, 11) is 1.48. The highest BCUT2D eigenvalue weighted by atomic mass is 19.3. The molecule has 0 atom stereocenters. The van der Waals surface area contributed by atoms with Gasteiger partial charge < -0.3 is 15.2 Å². The maximum atomic E-state index is 12.8. The molecule has 2 heterocycles. The Labute approximate surface area is 125 Å². The second-order valence-corrected chi connectivity index (χ2v) is 5.49. The Morgan fingerprint density at radius 1 is 1.55 bits per heavy atom. The molecule has 7 nitrogen and oxygen atoms in total. The van der Waals surface area contributed by atoms with E-state index in [0.717, 1.165) is 6.20 Å². The number of rotatable bonds is 5. The lowest BCUT2D eigenvalue weighted by atomic mass is 9.98. The SMILES string of the molecule is CN(Cc1nccn1C(F)F)C(=O)c1conc1C(C)(C)N. The summed E-state index contributed by atoms with van der Waals surface area (Å²) >= 11 is 0. The fourth-order valence-corrected chi connectivity index (χ4v) is 1.99. The molecule has 0 unspecified atom stereocenters. The van der Waals surface area contributed by atoms with Crippen molar-refractivity contribution in [3.8, 4) is 0 Å². The van der Waals surface area contributed by atoms with Gasteiger partial charge in [0.2, 0.25) is 0 Å². The van der Waals surface area contributed by atoms with Crippen LogP contribution in [0.2, 0.25) is 0 Å². The molecule has 120 valence electrons. The third-order valence-electron chi connectivity index (χ3n) is 3.09. The summed E-state index contributed by atoms with van der Waals surface area (Å²) in [6.45, 7) is 0.581. The Bertz CT molecular complexity index is 659. The number of hydrogen-bond acceptors (Lipinski definition) is 5. The number of nitrogens with two attached hydrogens (primary N) is 1. The molecule has 1 amide bonds. The average molecular weight is 313 g/mol. The molecule has 22 heavy (non-hydrogen) atoms. The van der Waals surface area contributed by atoms with Crippen LogP contribution in [-0.4, -0.2) is 32.6 Å². The maximum absolute atomic E-state index is 12.8. The lowest BCUT2D eigenvalue weighted by molar-refractivity contribution is 0.0611. The van der Waals surface area contributed by atoms with Gasteiger partial charge in [0.25, 0.3) is 5.91 Å². The molecule has 0 saturated heterocycles. The molecule has 0 spiro atoms. The summed E-state index contributed by atoms with van der Waals surface area (Å²) in [6.07, 6.45) is 3.61. The lowest BCUT2D eigenvalue weighted by Crippen LogP contribution is -2.34. The highest BCUT2D eigenvalue weighted by Gasteiger charge is 2.28. The Hall–Kier alpha value is -2.29. The first-order chi connectivity index (χ1) is 10.2. The molecule has 0 fully saturated rings. The largest absolute Gasteiger partial charge is 0.364 e. The Balaban J connectivity index is 2.20. The van der Waals surface area contributed by atoms with E-state index in [0.29, 0.717) is 10.3 Å². The van der Waals surface area contributed by atoms with E-state index in [2.05, 4.69) is 10.1 Å². The molecule has 2 rings (SSSR count). The first-order valence-corrected chi connectivity index (χ1v) is 6.51. The van der Waals surface area contributed by atoms with E-state index in [4.69, 9.17) is 10.3 Å². The molecule has 0 aliphatic rings. The van der Waals surface area contributed by atoms with Crippen LogP contribution >= 0.6 is 0 Å². The molecule has 2 N–H and O–H groups in total. The minimum Gasteiger partial charge on any atom is -0.364 e. The smallest absolute Gasteiger partial charge is 0.319 e. The number of alkyl halides is 2. The van der Waals surface area contributed by atoms with Crippen LogP contribution in [0.15, 0.2) is 23.2 Å². The maximum Gasteiger partial charge on any atom is 0.319 e. The van der Waals surface area contributed by atoms with E-state index in [9.17, 15) is 13.6 Å². The van der Waals surface area contributed by atoms with Crippen LogP contribution in [0.4, 0.5) is 8.78 Å². The van der Waals surface area contributed by atoms with Crippen LogP contribution in [0.5, 0.6) is 0 Å². The third-order valence-corrected chi connectivity index (χ3v) is 3.09. The minimum absolute atomic E-state index is 0.0776. The Morgan fingerprint density at radius 2 is 2.23 bits per heavy atom. The first kappa shape index (κ1) is 16.1. The number of aromatic nitrogens is 3. The van der Waals surface area contributed by atoms with Gasteiger partial charge in [0.1, 0.15) is 23.3 Å². The van der Waals surface area contributed by atoms with Crippen LogP contribution in [-0.2, 0) is 12.1 Å². The normalized spacial score (nSPS) is 12.0. The van der Waals surface area contributed by atoms with Crippen LogP contribution in [0, 0.1) is 0 Å². The zero-order valence-corrected chi connectivity index (χ0v) is 12.5. The summed E-state index contributed by atoms with van der Waals surface area (Å²) in [4.78, 5) is 17.5.